The zero-order valence-electron chi connectivity index (χ0n) is 18.9. The van der Waals surface area contributed by atoms with Gasteiger partial charge in [0.2, 0.25) is 0 Å². The second-order valence-corrected chi connectivity index (χ2v) is 8.40. The number of hydrogen-bond acceptors (Lipinski definition) is 8. The molecule has 2 aromatic carbocycles. The van der Waals surface area contributed by atoms with Gasteiger partial charge in [-0.05, 0) is 32.4 Å². The molecule has 1 aliphatic rings. The van der Waals surface area contributed by atoms with Crippen LogP contribution in [0.25, 0.3) is 22.2 Å². The largest absolute Gasteiger partial charge is 0.394 e. The molecule has 1 aromatic heterocycles. The molecule has 0 amide bonds. The van der Waals surface area contributed by atoms with E-state index in [1.54, 1.807) is 4.57 Å². The quantitative estimate of drug-likeness (QED) is 0.386. The van der Waals surface area contributed by atoms with E-state index >= 15 is 0 Å². The lowest BCUT2D eigenvalue weighted by atomic mass is 9.98. The highest BCUT2D eigenvalue weighted by molar-refractivity contribution is 5.92. The minimum Gasteiger partial charge on any atom is -0.394 e. The molecule has 2 heterocycles. The van der Waals surface area contributed by atoms with Gasteiger partial charge in [0.05, 0.1) is 23.9 Å². The number of nitrogens with two attached hydrogens (primary N) is 1. The lowest BCUT2D eigenvalue weighted by Gasteiger charge is -2.38. The summed E-state index contributed by atoms with van der Waals surface area (Å²) < 4.78 is 6.46. The van der Waals surface area contributed by atoms with E-state index in [0.717, 1.165) is 27.7 Å². The predicted octanol–water partition coefficient (Wildman–Crippen LogP) is 0.698. The van der Waals surface area contributed by atoms with E-state index in [4.69, 9.17) is 20.7 Å². The van der Waals surface area contributed by atoms with Gasteiger partial charge in [-0.25, -0.2) is 4.79 Å². The van der Waals surface area contributed by atoms with Crippen molar-refractivity contribution in [2.75, 3.05) is 6.61 Å². The van der Waals surface area contributed by atoms with Crippen molar-refractivity contribution in [3.8, 4) is 11.3 Å². The Labute approximate surface area is 191 Å². The van der Waals surface area contributed by atoms with Crippen LogP contribution in [0.15, 0.2) is 53.3 Å². The highest BCUT2D eigenvalue weighted by Gasteiger charge is 2.41. The minimum absolute atomic E-state index is 0.0825. The average molecular weight is 458 g/mol. The fourth-order valence-electron chi connectivity index (χ4n) is 3.79. The van der Waals surface area contributed by atoms with Crippen LogP contribution in [0.5, 0.6) is 0 Å². The second-order valence-electron chi connectivity index (χ2n) is 8.40. The summed E-state index contributed by atoms with van der Waals surface area (Å²) in [5, 5.41) is 37.1. The molecule has 33 heavy (non-hydrogen) atoms. The molecule has 1 aliphatic heterocycles. The average Bonchev–Trinajstić information content (AvgIpc) is 2.80. The Morgan fingerprint density at radius 3 is 2.36 bits per heavy atom. The van der Waals surface area contributed by atoms with Crippen molar-refractivity contribution in [3.05, 3.63) is 64.6 Å². The van der Waals surface area contributed by atoms with E-state index in [0.29, 0.717) is 0 Å². The molecule has 3 aromatic rings. The number of aliphatic hydroxyl groups is 4. The maximum atomic E-state index is 12.4. The third-order valence-corrected chi connectivity index (χ3v) is 5.59. The Kier molecular flexibility index (Phi) is 7.96. The Bertz CT molecular complexity index is 1130. The van der Waals surface area contributed by atoms with Crippen LogP contribution in [0, 0.1) is 6.92 Å². The highest BCUT2D eigenvalue weighted by atomic mass is 16.6. The first-order chi connectivity index (χ1) is 15.6. The van der Waals surface area contributed by atoms with E-state index in [1.165, 1.54) is 0 Å². The van der Waals surface area contributed by atoms with Gasteiger partial charge < -0.3 is 30.9 Å². The normalized spacial score (nSPS) is 25.1. The van der Waals surface area contributed by atoms with Crippen molar-refractivity contribution < 1.29 is 25.2 Å². The molecular formula is C24H31N3O6. The topological polar surface area (TPSA) is 151 Å². The number of nitrogens with zero attached hydrogens (tertiary/aromatic N) is 2. The highest BCUT2D eigenvalue weighted by Crippen LogP contribution is 2.27. The van der Waals surface area contributed by atoms with Gasteiger partial charge in [-0.15, -0.1) is 0 Å². The number of ether oxygens (including phenoxy) is 1. The van der Waals surface area contributed by atoms with Gasteiger partial charge in [0.15, 0.2) is 6.29 Å². The molecule has 0 spiro atoms. The molecule has 0 bridgehead atoms. The molecule has 9 nitrogen and oxygen atoms in total. The molecule has 178 valence electrons. The summed E-state index contributed by atoms with van der Waals surface area (Å²) in [5.74, 6) is 0. The zero-order valence-corrected chi connectivity index (χ0v) is 18.9. The summed E-state index contributed by atoms with van der Waals surface area (Å²) >= 11 is 0. The standard InChI is InChI=1S/C18H18N2O.C6H13NO5/c1-12(2)20-16-11-13(3)9-10-15(16)17(19-18(20)21)14-7-5-4-6-8-14;7-3-5(10)4(9)2(1-8)12-6(3)11/h4-12H,1-3H3;2-6,8-11H,1,7H2/t;2-,3-,4-,5-,6-/m.1/s1. The van der Waals surface area contributed by atoms with E-state index < -0.39 is 37.3 Å². The molecule has 9 heteroatoms. The van der Waals surface area contributed by atoms with Crippen molar-refractivity contribution in [3.63, 3.8) is 0 Å². The first-order valence-corrected chi connectivity index (χ1v) is 10.8. The van der Waals surface area contributed by atoms with Gasteiger partial charge in [-0.1, -0.05) is 42.5 Å². The van der Waals surface area contributed by atoms with Gasteiger partial charge in [0.1, 0.15) is 18.3 Å². The van der Waals surface area contributed by atoms with Crippen LogP contribution in [0.3, 0.4) is 0 Å². The molecule has 1 saturated heterocycles. The minimum atomic E-state index is -1.35. The van der Waals surface area contributed by atoms with Gasteiger partial charge in [-0.2, -0.15) is 4.98 Å². The van der Waals surface area contributed by atoms with Crippen LogP contribution in [0.2, 0.25) is 0 Å². The van der Waals surface area contributed by atoms with Crippen LogP contribution in [0.4, 0.5) is 0 Å². The Hall–Kier alpha value is -2.66. The number of aliphatic hydroxyl groups excluding tert-OH is 4. The van der Waals surface area contributed by atoms with Gasteiger partial charge in [-0.3, -0.25) is 4.57 Å². The lowest BCUT2D eigenvalue weighted by molar-refractivity contribution is -0.248. The first kappa shape index (κ1) is 25.0. The molecule has 4 rings (SSSR count). The maximum Gasteiger partial charge on any atom is 0.348 e. The van der Waals surface area contributed by atoms with Crippen LogP contribution in [-0.2, 0) is 4.74 Å². The predicted molar refractivity (Wildman–Crippen MR) is 125 cm³/mol. The molecule has 0 aliphatic carbocycles. The molecule has 1 fully saturated rings. The van der Waals surface area contributed by atoms with Crippen molar-refractivity contribution in [1.82, 2.24) is 9.55 Å². The van der Waals surface area contributed by atoms with Crippen molar-refractivity contribution in [2.45, 2.75) is 57.5 Å². The summed E-state index contributed by atoms with van der Waals surface area (Å²) in [4.78, 5) is 16.8. The van der Waals surface area contributed by atoms with Crippen LogP contribution in [-0.4, -0.2) is 67.2 Å². The Morgan fingerprint density at radius 1 is 1.09 bits per heavy atom. The van der Waals surface area contributed by atoms with Crippen molar-refractivity contribution in [1.29, 1.82) is 0 Å². The molecule has 0 unspecified atom stereocenters. The monoisotopic (exact) mass is 457 g/mol. The number of aromatic nitrogens is 2. The van der Waals surface area contributed by atoms with Crippen molar-refractivity contribution in [2.24, 2.45) is 5.73 Å². The van der Waals surface area contributed by atoms with E-state index in [-0.39, 0.29) is 11.7 Å². The summed E-state index contributed by atoms with van der Waals surface area (Å²) in [5.41, 5.74) is 8.89. The smallest absolute Gasteiger partial charge is 0.348 e. The molecule has 5 atom stereocenters. The van der Waals surface area contributed by atoms with Crippen molar-refractivity contribution >= 4 is 10.9 Å². The first-order valence-electron chi connectivity index (χ1n) is 10.8. The number of fused-ring (bicyclic) bond motifs is 1. The molecular weight excluding hydrogens is 426 g/mol. The second kappa shape index (κ2) is 10.5. The number of hydrogen-bond donors (Lipinski definition) is 5. The lowest BCUT2D eigenvalue weighted by Crippen LogP contribution is -2.61. The summed E-state index contributed by atoms with van der Waals surface area (Å²) in [6.07, 6.45) is -4.85. The summed E-state index contributed by atoms with van der Waals surface area (Å²) in [6.45, 7) is 5.58. The van der Waals surface area contributed by atoms with E-state index in [9.17, 15) is 15.0 Å². The van der Waals surface area contributed by atoms with Gasteiger partial charge in [0, 0.05) is 17.0 Å². The SMILES string of the molecule is Cc1ccc2c(-c3ccccc3)nc(=O)n(C(C)C)c2c1.N[C@@H]1[C@@H](O)[C@H](O)[C@@H](CO)O[C@H]1O. The van der Waals surface area contributed by atoms with Crippen LogP contribution < -0.4 is 11.4 Å². The Balaban J connectivity index is 0.000000218. The van der Waals surface area contributed by atoms with Crippen LogP contribution >= 0.6 is 0 Å². The fraction of sp³-hybridized carbons (Fsp3) is 0.417. The number of benzene rings is 2. The Morgan fingerprint density at radius 2 is 1.76 bits per heavy atom. The number of rotatable bonds is 3. The molecule has 6 N–H and O–H groups in total. The van der Waals surface area contributed by atoms with E-state index in [1.807, 2.05) is 51.1 Å². The van der Waals surface area contributed by atoms with Gasteiger partial charge in [0.25, 0.3) is 0 Å². The third-order valence-electron chi connectivity index (χ3n) is 5.59. The van der Waals surface area contributed by atoms with Crippen LogP contribution in [0.1, 0.15) is 25.5 Å². The zero-order chi connectivity index (χ0) is 24.3. The molecule has 0 saturated carbocycles. The maximum absolute atomic E-state index is 12.4. The summed E-state index contributed by atoms with van der Waals surface area (Å²) in [6, 6.07) is 15.1. The summed E-state index contributed by atoms with van der Waals surface area (Å²) in [7, 11) is 0. The molecule has 0 radical (unpaired) electrons. The fourth-order valence-corrected chi connectivity index (χ4v) is 3.79. The third kappa shape index (κ3) is 5.30. The van der Waals surface area contributed by atoms with Gasteiger partial charge >= 0.3 is 5.69 Å². The van der Waals surface area contributed by atoms with E-state index in [2.05, 4.69) is 23.2 Å². The number of aryl methyl sites for hydroxylation is 1.